The van der Waals surface area contributed by atoms with Crippen molar-refractivity contribution in [2.24, 2.45) is 0 Å². The largest absolute Gasteiger partial charge is 0.448 e. The van der Waals surface area contributed by atoms with E-state index in [1.165, 1.54) is 18.5 Å². The summed E-state index contributed by atoms with van der Waals surface area (Å²) in [4.78, 5) is 43.3. The first-order chi connectivity index (χ1) is 16.2. The van der Waals surface area contributed by atoms with Crippen LogP contribution in [0.15, 0.2) is 64.1 Å². The standard InChI is InChI=1S/C23H19F3N4O4/c1-2-29(11-18(31)28-16-9-5-4-8-15(16)23(24,25)26)19(32)12-30-13-27-20-14-7-3-6-10-17(14)34-21(20)22(30)33/h3-10,13H,2,11-12H2,1H3,(H,28,31). The van der Waals surface area contributed by atoms with Gasteiger partial charge in [-0.3, -0.25) is 19.0 Å². The molecule has 11 heteroatoms. The molecule has 2 heterocycles. The van der Waals surface area contributed by atoms with Gasteiger partial charge >= 0.3 is 6.18 Å². The summed E-state index contributed by atoms with van der Waals surface area (Å²) in [5.74, 6) is -1.38. The lowest BCUT2D eigenvalue weighted by atomic mass is 10.1. The number of furan rings is 1. The number of para-hydroxylation sites is 2. The Kier molecular flexibility index (Phi) is 6.10. The van der Waals surface area contributed by atoms with Crippen LogP contribution >= 0.6 is 0 Å². The number of nitrogens with one attached hydrogen (secondary N) is 1. The van der Waals surface area contributed by atoms with E-state index in [4.69, 9.17) is 4.42 Å². The summed E-state index contributed by atoms with van der Waals surface area (Å²) in [5.41, 5.74) is -1.10. The molecule has 2 amide bonds. The smallest absolute Gasteiger partial charge is 0.418 e. The number of alkyl halides is 3. The SMILES string of the molecule is CCN(CC(=O)Nc1ccccc1C(F)(F)F)C(=O)Cn1cnc2c(oc3ccccc32)c1=O. The van der Waals surface area contributed by atoms with Gasteiger partial charge in [0.1, 0.15) is 17.6 Å². The number of anilines is 1. The van der Waals surface area contributed by atoms with Gasteiger partial charge in [-0.2, -0.15) is 13.2 Å². The first kappa shape index (κ1) is 23.0. The highest BCUT2D eigenvalue weighted by Gasteiger charge is 2.33. The van der Waals surface area contributed by atoms with Crippen molar-refractivity contribution in [3.05, 3.63) is 70.8 Å². The molecule has 8 nitrogen and oxygen atoms in total. The number of hydrogen-bond acceptors (Lipinski definition) is 5. The van der Waals surface area contributed by atoms with Crippen molar-refractivity contribution in [3.8, 4) is 0 Å². The van der Waals surface area contributed by atoms with E-state index in [2.05, 4.69) is 10.3 Å². The predicted octanol–water partition coefficient (Wildman–Crippen LogP) is 3.65. The molecule has 1 N–H and O–H groups in total. The number of nitrogens with zero attached hydrogens (tertiary/aromatic N) is 3. The quantitative estimate of drug-likeness (QED) is 0.462. The average Bonchev–Trinajstić information content (AvgIpc) is 3.18. The predicted molar refractivity (Wildman–Crippen MR) is 118 cm³/mol. The Morgan fingerprint density at radius 3 is 2.56 bits per heavy atom. The molecule has 0 aliphatic heterocycles. The first-order valence-electron chi connectivity index (χ1n) is 10.3. The molecule has 0 aliphatic rings. The van der Waals surface area contributed by atoms with E-state index >= 15 is 0 Å². The van der Waals surface area contributed by atoms with Crippen LogP contribution in [-0.2, 0) is 22.3 Å². The first-order valence-corrected chi connectivity index (χ1v) is 10.3. The number of hydrogen-bond donors (Lipinski definition) is 1. The van der Waals surface area contributed by atoms with Gasteiger partial charge in [-0.25, -0.2) is 4.98 Å². The average molecular weight is 472 g/mol. The van der Waals surface area contributed by atoms with Crippen molar-refractivity contribution in [2.75, 3.05) is 18.4 Å². The zero-order valence-corrected chi connectivity index (χ0v) is 17.9. The van der Waals surface area contributed by atoms with E-state index in [1.807, 2.05) is 0 Å². The number of carbonyl (C=O) groups is 2. The molecule has 0 fully saturated rings. The molecule has 0 unspecified atom stereocenters. The number of aromatic nitrogens is 2. The number of halogens is 3. The van der Waals surface area contributed by atoms with E-state index in [1.54, 1.807) is 31.2 Å². The van der Waals surface area contributed by atoms with Crippen molar-refractivity contribution in [3.63, 3.8) is 0 Å². The van der Waals surface area contributed by atoms with Gasteiger partial charge in [0.25, 0.3) is 5.56 Å². The van der Waals surface area contributed by atoms with Gasteiger partial charge in [-0.15, -0.1) is 0 Å². The Morgan fingerprint density at radius 1 is 1.12 bits per heavy atom. The fourth-order valence-electron chi connectivity index (χ4n) is 3.55. The zero-order valence-electron chi connectivity index (χ0n) is 17.9. The monoisotopic (exact) mass is 472 g/mol. The number of benzene rings is 2. The van der Waals surface area contributed by atoms with Crippen molar-refractivity contribution in [1.29, 1.82) is 0 Å². The van der Waals surface area contributed by atoms with Gasteiger partial charge in [-0.1, -0.05) is 24.3 Å². The van der Waals surface area contributed by atoms with Crippen LogP contribution in [0, 0.1) is 0 Å². The van der Waals surface area contributed by atoms with Gasteiger partial charge in [-0.05, 0) is 31.2 Å². The lowest BCUT2D eigenvalue weighted by molar-refractivity contribution is -0.137. The van der Waals surface area contributed by atoms with Crippen molar-refractivity contribution >= 4 is 39.6 Å². The molecule has 0 saturated carbocycles. The highest BCUT2D eigenvalue weighted by Crippen LogP contribution is 2.34. The fourth-order valence-corrected chi connectivity index (χ4v) is 3.55. The van der Waals surface area contributed by atoms with Crippen molar-refractivity contribution in [1.82, 2.24) is 14.5 Å². The van der Waals surface area contributed by atoms with Gasteiger partial charge in [0.15, 0.2) is 0 Å². The molecule has 0 spiro atoms. The van der Waals surface area contributed by atoms with Crippen LogP contribution in [0.2, 0.25) is 0 Å². The van der Waals surface area contributed by atoms with E-state index in [-0.39, 0.29) is 12.1 Å². The third-order valence-corrected chi connectivity index (χ3v) is 5.23. The molecule has 176 valence electrons. The van der Waals surface area contributed by atoms with Crippen molar-refractivity contribution < 1.29 is 27.2 Å². The highest BCUT2D eigenvalue weighted by atomic mass is 19.4. The summed E-state index contributed by atoms with van der Waals surface area (Å²) in [7, 11) is 0. The van der Waals surface area contributed by atoms with Crippen LogP contribution in [0.4, 0.5) is 18.9 Å². The number of rotatable bonds is 6. The normalized spacial score (nSPS) is 11.6. The molecule has 0 aliphatic carbocycles. The summed E-state index contributed by atoms with van der Waals surface area (Å²) in [6.45, 7) is 0.802. The molecule has 0 saturated heterocycles. The molecule has 4 rings (SSSR count). The maximum Gasteiger partial charge on any atom is 0.418 e. The summed E-state index contributed by atoms with van der Waals surface area (Å²) in [6.07, 6.45) is -3.42. The van der Waals surface area contributed by atoms with E-state index in [0.717, 1.165) is 21.6 Å². The second-order valence-corrected chi connectivity index (χ2v) is 7.45. The summed E-state index contributed by atoms with van der Waals surface area (Å²) in [5, 5.41) is 2.87. The molecule has 0 radical (unpaired) electrons. The lowest BCUT2D eigenvalue weighted by Gasteiger charge is -2.21. The number of likely N-dealkylation sites (N-methyl/N-ethyl adjacent to an activating group) is 1. The molecule has 0 atom stereocenters. The molecule has 4 aromatic rings. The van der Waals surface area contributed by atoms with Crippen LogP contribution < -0.4 is 10.9 Å². The second kappa shape index (κ2) is 9.00. The summed E-state index contributed by atoms with van der Waals surface area (Å²) in [6, 6.07) is 11.6. The van der Waals surface area contributed by atoms with E-state index in [0.29, 0.717) is 16.5 Å². The number of fused-ring (bicyclic) bond motifs is 3. The highest BCUT2D eigenvalue weighted by molar-refractivity contribution is 6.01. The Morgan fingerprint density at radius 2 is 1.82 bits per heavy atom. The molecular weight excluding hydrogens is 453 g/mol. The Hall–Kier alpha value is -4.15. The van der Waals surface area contributed by atoms with Crippen molar-refractivity contribution in [2.45, 2.75) is 19.6 Å². The van der Waals surface area contributed by atoms with Crippen LogP contribution in [0.5, 0.6) is 0 Å². The van der Waals surface area contributed by atoms with Crippen LogP contribution in [0.3, 0.4) is 0 Å². The third kappa shape index (κ3) is 4.49. The van der Waals surface area contributed by atoms with Gasteiger partial charge in [0.2, 0.25) is 17.4 Å². The summed E-state index contributed by atoms with van der Waals surface area (Å²) >= 11 is 0. The van der Waals surface area contributed by atoms with Crippen LogP contribution in [0.1, 0.15) is 12.5 Å². The third-order valence-electron chi connectivity index (χ3n) is 5.23. The second-order valence-electron chi connectivity index (χ2n) is 7.45. The minimum Gasteiger partial charge on any atom is -0.448 e. The van der Waals surface area contributed by atoms with E-state index in [9.17, 15) is 27.6 Å². The number of carbonyl (C=O) groups excluding carboxylic acids is 2. The Labute approximate surface area is 190 Å². The Balaban J connectivity index is 1.50. The minimum atomic E-state index is -4.65. The van der Waals surface area contributed by atoms with Crippen LogP contribution in [-0.4, -0.2) is 39.4 Å². The zero-order chi connectivity index (χ0) is 24.5. The minimum absolute atomic E-state index is 0.000971. The fraction of sp³-hybridized carbons (Fsp3) is 0.217. The molecule has 2 aromatic carbocycles. The Bertz CT molecular complexity index is 1440. The van der Waals surface area contributed by atoms with Gasteiger partial charge in [0, 0.05) is 11.9 Å². The summed E-state index contributed by atoms with van der Waals surface area (Å²) < 4.78 is 46.1. The maximum absolute atomic E-state index is 13.2. The van der Waals surface area contributed by atoms with Crippen LogP contribution in [0.25, 0.3) is 22.1 Å². The molecule has 2 aromatic heterocycles. The van der Waals surface area contributed by atoms with Gasteiger partial charge in [0.05, 0.1) is 24.1 Å². The van der Waals surface area contributed by atoms with E-state index < -0.39 is 47.9 Å². The molecule has 0 bridgehead atoms. The lowest BCUT2D eigenvalue weighted by Crippen LogP contribution is -2.41. The molecular formula is C23H19F3N4O4. The number of amides is 2. The topological polar surface area (TPSA) is 97.4 Å². The molecule has 34 heavy (non-hydrogen) atoms. The van der Waals surface area contributed by atoms with Gasteiger partial charge < -0.3 is 14.6 Å². The maximum atomic E-state index is 13.2.